The molecule has 0 spiro atoms. The maximum Gasteiger partial charge on any atom is 0.266 e. The Labute approximate surface area is 195 Å². The number of ketones is 1. The lowest BCUT2D eigenvalue weighted by Gasteiger charge is -2.20. The molecule has 7 heteroatoms. The number of fused-ring (bicyclic) bond motifs is 1. The topological polar surface area (TPSA) is 61.2 Å². The van der Waals surface area contributed by atoms with Gasteiger partial charge in [0.2, 0.25) is 0 Å². The highest BCUT2D eigenvalue weighted by molar-refractivity contribution is 8.00. The highest BCUT2D eigenvalue weighted by atomic mass is 35.5. The van der Waals surface area contributed by atoms with Crippen molar-refractivity contribution < 1.29 is 9.53 Å². The first kappa shape index (κ1) is 22.1. The van der Waals surface area contributed by atoms with E-state index in [9.17, 15) is 9.59 Å². The van der Waals surface area contributed by atoms with Crippen molar-refractivity contribution in [2.24, 2.45) is 0 Å². The van der Waals surface area contributed by atoms with Gasteiger partial charge in [-0.1, -0.05) is 65.8 Å². The molecule has 0 amide bonds. The van der Waals surface area contributed by atoms with Gasteiger partial charge in [0.05, 0.1) is 29.0 Å². The molecule has 4 rings (SSSR count). The molecule has 0 aliphatic heterocycles. The second kappa shape index (κ2) is 9.18. The number of aryl methyl sites for hydroxylation is 1. The van der Waals surface area contributed by atoms with Gasteiger partial charge in [0.15, 0.2) is 5.16 Å². The largest absolute Gasteiger partial charge is 0.495 e. The smallest absolute Gasteiger partial charge is 0.266 e. The molecule has 1 heterocycles. The number of hydrogen-bond donors (Lipinski definition) is 0. The van der Waals surface area contributed by atoms with E-state index in [0.29, 0.717) is 32.5 Å². The van der Waals surface area contributed by atoms with E-state index in [2.05, 4.69) is 0 Å². The lowest BCUT2D eigenvalue weighted by molar-refractivity contribution is -0.116. The highest BCUT2D eigenvalue weighted by Gasteiger charge is 2.24. The van der Waals surface area contributed by atoms with Gasteiger partial charge >= 0.3 is 0 Å². The van der Waals surface area contributed by atoms with Crippen molar-refractivity contribution in [3.63, 3.8) is 0 Å². The van der Waals surface area contributed by atoms with Crippen molar-refractivity contribution in [3.05, 3.63) is 93.2 Å². The average molecular weight is 465 g/mol. The SMILES string of the molecule is COc1cc(Cl)c(C)cc1-n1c(S[C@@H](C(C)=O)c2ccccc2)nc2ccccc2c1=O. The zero-order chi connectivity index (χ0) is 22.8. The second-order valence-corrected chi connectivity index (χ2v) is 8.82. The molecule has 1 aromatic heterocycles. The van der Waals surface area contributed by atoms with Crippen molar-refractivity contribution >= 4 is 40.0 Å². The fourth-order valence-corrected chi connectivity index (χ4v) is 4.77. The number of Topliss-reactive ketones (excluding diaryl/α,β-unsaturated/α-hetero) is 1. The summed E-state index contributed by atoms with van der Waals surface area (Å²) in [6.07, 6.45) is 0. The summed E-state index contributed by atoms with van der Waals surface area (Å²) >= 11 is 7.54. The zero-order valence-electron chi connectivity index (χ0n) is 17.8. The van der Waals surface area contributed by atoms with E-state index >= 15 is 0 Å². The van der Waals surface area contributed by atoms with Gasteiger partial charge in [0, 0.05) is 11.1 Å². The quantitative estimate of drug-likeness (QED) is 0.267. The molecule has 3 aromatic carbocycles. The first-order valence-electron chi connectivity index (χ1n) is 9.99. The first-order valence-corrected chi connectivity index (χ1v) is 11.2. The van der Waals surface area contributed by atoms with E-state index in [1.165, 1.54) is 23.4 Å². The molecule has 0 bridgehead atoms. The van der Waals surface area contributed by atoms with Crippen molar-refractivity contribution in [2.45, 2.75) is 24.3 Å². The molecule has 4 aromatic rings. The van der Waals surface area contributed by atoms with Gasteiger partial charge in [-0.15, -0.1) is 0 Å². The number of halogens is 1. The molecule has 32 heavy (non-hydrogen) atoms. The molecule has 0 saturated carbocycles. The fraction of sp³-hybridized carbons (Fsp3) is 0.160. The van der Waals surface area contributed by atoms with Crippen LogP contribution in [-0.2, 0) is 4.79 Å². The maximum absolute atomic E-state index is 13.6. The number of hydrogen-bond acceptors (Lipinski definition) is 5. The standard InChI is InChI=1S/C25H21ClN2O3S/c1-15-13-21(22(31-3)14-19(15)26)28-24(30)18-11-7-8-12-20(18)27-25(28)32-23(16(2)29)17-9-5-4-6-10-17/h4-14,23H,1-3H3/t23-/m0/s1. The summed E-state index contributed by atoms with van der Waals surface area (Å²) in [5, 5.41) is 0.894. The van der Waals surface area contributed by atoms with E-state index < -0.39 is 5.25 Å². The Bertz CT molecular complexity index is 1370. The summed E-state index contributed by atoms with van der Waals surface area (Å²) in [6.45, 7) is 3.40. The van der Waals surface area contributed by atoms with Crippen LogP contribution in [0.3, 0.4) is 0 Å². The van der Waals surface area contributed by atoms with Crippen LogP contribution in [0.1, 0.15) is 23.3 Å². The minimum Gasteiger partial charge on any atom is -0.495 e. The maximum atomic E-state index is 13.6. The van der Waals surface area contributed by atoms with Crippen LogP contribution in [-0.4, -0.2) is 22.4 Å². The number of rotatable bonds is 6. The van der Waals surface area contributed by atoms with Crippen LogP contribution in [0.2, 0.25) is 5.02 Å². The average Bonchev–Trinajstić information content (AvgIpc) is 2.79. The van der Waals surface area contributed by atoms with E-state index in [0.717, 1.165) is 11.1 Å². The minimum atomic E-state index is -0.519. The van der Waals surface area contributed by atoms with Gasteiger partial charge in [-0.2, -0.15) is 0 Å². The Morgan fingerprint density at radius 1 is 1.09 bits per heavy atom. The van der Waals surface area contributed by atoms with Crippen LogP contribution in [0.15, 0.2) is 76.7 Å². The van der Waals surface area contributed by atoms with E-state index in [1.54, 1.807) is 37.3 Å². The molecular formula is C25H21ClN2O3S. The molecule has 0 saturated heterocycles. The summed E-state index contributed by atoms with van der Waals surface area (Å²) in [6, 6.07) is 20.1. The lowest BCUT2D eigenvalue weighted by atomic mass is 10.1. The van der Waals surface area contributed by atoms with Crippen molar-refractivity contribution in [3.8, 4) is 11.4 Å². The molecule has 5 nitrogen and oxygen atoms in total. The summed E-state index contributed by atoms with van der Waals surface area (Å²) in [5.41, 5.74) is 2.49. The normalized spacial score (nSPS) is 12.0. The second-order valence-electron chi connectivity index (χ2n) is 7.34. The molecule has 0 aliphatic carbocycles. The Kier molecular flexibility index (Phi) is 6.35. The minimum absolute atomic E-state index is 0.0330. The van der Waals surface area contributed by atoms with E-state index in [-0.39, 0.29) is 11.3 Å². The van der Waals surface area contributed by atoms with Crippen LogP contribution in [0.25, 0.3) is 16.6 Å². The molecule has 0 unspecified atom stereocenters. The first-order chi connectivity index (χ1) is 15.4. The van der Waals surface area contributed by atoms with Gasteiger partial charge in [-0.25, -0.2) is 4.98 Å². The number of thioether (sulfide) groups is 1. The Hall–Kier alpha value is -3.09. The molecule has 0 N–H and O–H groups in total. The molecule has 0 radical (unpaired) electrons. The molecule has 1 atom stereocenters. The predicted molar refractivity (Wildman–Crippen MR) is 129 cm³/mol. The van der Waals surface area contributed by atoms with Crippen LogP contribution in [0.5, 0.6) is 5.75 Å². The number of para-hydroxylation sites is 1. The Morgan fingerprint density at radius 2 is 1.78 bits per heavy atom. The summed E-state index contributed by atoms with van der Waals surface area (Å²) < 4.78 is 7.05. The van der Waals surface area contributed by atoms with Gasteiger partial charge < -0.3 is 4.74 Å². The van der Waals surface area contributed by atoms with Crippen molar-refractivity contribution in [1.82, 2.24) is 9.55 Å². The number of carbonyl (C=O) groups is 1. The van der Waals surface area contributed by atoms with Crippen molar-refractivity contribution in [2.75, 3.05) is 7.11 Å². The van der Waals surface area contributed by atoms with Gasteiger partial charge in [-0.05, 0) is 43.2 Å². The monoisotopic (exact) mass is 464 g/mol. The van der Waals surface area contributed by atoms with Crippen molar-refractivity contribution in [1.29, 1.82) is 0 Å². The zero-order valence-corrected chi connectivity index (χ0v) is 19.4. The van der Waals surface area contributed by atoms with Crippen LogP contribution in [0.4, 0.5) is 0 Å². The molecular weight excluding hydrogens is 444 g/mol. The summed E-state index contributed by atoms with van der Waals surface area (Å²) in [4.78, 5) is 31.0. The molecule has 0 aliphatic rings. The number of methoxy groups -OCH3 is 1. The van der Waals surface area contributed by atoms with Crippen LogP contribution >= 0.6 is 23.4 Å². The highest BCUT2D eigenvalue weighted by Crippen LogP contribution is 2.38. The number of aromatic nitrogens is 2. The van der Waals surface area contributed by atoms with Crippen LogP contribution < -0.4 is 10.3 Å². The third-order valence-electron chi connectivity index (χ3n) is 5.14. The number of carbonyl (C=O) groups excluding carboxylic acids is 1. The van der Waals surface area contributed by atoms with Crippen LogP contribution in [0, 0.1) is 6.92 Å². The van der Waals surface area contributed by atoms with E-state index in [4.69, 9.17) is 21.3 Å². The summed E-state index contributed by atoms with van der Waals surface area (Å²) in [7, 11) is 1.53. The number of ether oxygens (including phenoxy) is 1. The number of nitrogens with zero attached hydrogens (tertiary/aromatic N) is 2. The fourth-order valence-electron chi connectivity index (χ4n) is 3.51. The third-order valence-corrected chi connectivity index (χ3v) is 6.87. The number of benzene rings is 3. The predicted octanol–water partition coefficient (Wildman–Crippen LogP) is 5.78. The van der Waals surface area contributed by atoms with Gasteiger partial charge in [0.25, 0.3) is 5.56 Å². The Balaban J connectivity index is 2.00. The molecule has 162 valence electrons. The van der Waals surface area contributed by atoms with Gasteiger partial charge in [-0.3, -0.25) is 14.2 Å². The lowest BCUT2D eigenvalue weighted by Crippen LogP contribution is -2.23. The molecule has 0 fully saturated rings. The third kappa shape index (κ3) is 4.16. The van der Waals surface area contributed by atoms with Gasteiger partial charge in [0.1, 0.15) is 11.5 Å². The Morgan fingerprint density at radius 3 is 2.47 bits per heavy atom. The van der Waals surface area contributed by atoms with E-state index in [1.807, 2.05) is 43.3 Å². The summed E-state index contributed by atoms with van der Waals surface area (Å²) in [5.74, 6) is 0.412.